The topological polar surface area (TPSA) is 75.7 Å². The van der Waals surface area contributed by atoms with Crippen molar-refractivity contribution in [2.45, 2.75) is 38.5 Å². The Morgan fingerprint density at radius 1 is 1.07 bits per heavy atom. The highest BCUT2D eigenvalue weighted by Crippen LogP contribution is 2.30. The van der Waals surface area contributed by atoms with Gasteiger partial charge in [0.25, 0.3) is 5.91 Å². The summed E-state index contributed by atoms with van der Waals surface area (Å²) in [5.74, 6) is -0.0821. The summed E-state index contributed by atoms with van der Waals surface area (Å²) in [6.45, 7) is 7.11. The molecule has 1 aliphatic rings. The summed E-state index contributed by atoms with van der Waals surface area (Å²) in [5.41, 5.74) is 3.16. The van der Waals surface area contributed by atoms with E-state index in [1.54, 1.807) is 19.1 Å². The summed E-state index contributed by atoms with van der Waals surface area (Å²) in [4.78, 5) is 12.8. The zero-order valence-electron chi connectivity index (χ0n) is 16.5. The van der Waals surface area contributed by atoms with E-state index < -0.39 is 10.0 Å². The first kappa shape index (κ1) is 20.4. The molecule has 0 aliphatic carbocycles. The van der Waals surface area contributed by atoms with E-state index in [2.05, 4.69) is 5.32 Å². The van der Waals surface area contributed by atoms with E-state index >= 15 is 0 Å². The Balaban J connectivity index is 1.93. The second-order valence-electron chi connectivity index (χ2n) is 6.96. The van der Waals surface area contributed by atoms with Gasteiger partial charge in [-0.1, -0.05) is 6.07 Å². The largest absolute Gasteiger partial charge is 0.492 e. The Hall–Kier alpha value is -2.38. The van der Waals surface area contributed by atoms with Gasteiger partial charge < -0.3 is 10.1 Å². The average molecular weight is 403 g/mol. The lowest BCUT2D eigenvalue weighted by molar-refractivity contribution is 0.102. The van der Waals surface area contributed by atoms with E-state index in [-0.39, 0.29) is 22.1 Å². The predicted molar refractivity (Wildman–Crippen MR) is 109 cm³/mol. The summed E-state index contributed by atoms with van der Waals surface area (Å²) in [7, 11) is -3.70. The third-order valence-corrected chi connectivity index (χ3v) is 6.87. The van der Waals surface area contributed by atoms with Crippen LogP contribution < -0.4 is 10.1 Å². The van der Waals surface area contributed by atoms with Crippen LogP contribution in [0.15, 0.2) is 41.3 Å². The molecule has 2 aromatic rings. The summed E-state index contributed by atoms with van der Waals surface area (Å²) >= 11 is 0. The maximum absolute atomic E-state index is 13.1. The molecule has 0 spiro atoms. The second-order valence-corrected chi connectivity index (χ2v) is 8.87. The number of hydrogen-bond acceptors (Lipinski definition) is 4. The van der Waals surface area contributed by atoms with Gasteiger partial charge in [0.2, 0.25) is 10.0 Å². The van der Waals surface area contributed by atoms with Crippen LogP contribution in [0.2, 0.25) is 0 Å². The lowest BCUT2D eigenvalue weighted by Gasteiger charge is -2.19. The predicted octanol–water partition coefficient (Wildman–Crippen LogP) is 3.74. The number of hydrogen-bond donors (Lipinski definition) is 1. The van der Waals surface area contributed by atoms with Gasteiger partial charge in [-0.05, 0) is 75.1 Å². The number of amides is 1. The molecular formula is C21H26N2O4S. The first-order chi connectivity index (χ1) is 13.3. The molecule has 3 rings (SSSR count). The number of nitrogens with one attached hydrogen (secondary N) is 1. The highest BCUT2D eigenvalue weighted by molar-refractivity contribution is 7.89. The monoisotopic (exact) mass is 402 g/mol. The van der Waals surface area contributed by atoms with Crippen molar-refractivity contribution in [3.63, 3.8) is 0 Å². The Labute approximate surface area is 166 Å². The Morgan fingerprint density at radius 3 is 2.43 bits per heavy atom. The number of benzene rings is 2. The van der Waals surface area contributed by atoms with Crippen LogP contribution in [0, 0.1) is 13.8 Å². The molecule has 2 aromatic carbocycles. The molecule has 0 saturated carbocycles. The maximum atomic E-state index is 13.1. The minimum atomic E-state index is -3.70. The zero-order chi connectivity index (χ0) is 20.3. The van der Waals surface area contributed by atoms with Crippen LogP contribution in [0.3, 0.4) is 0 Å². The van der Waals surface area contributed by atoms with Gasteiger partial charge in [0.1, 0.15) is 10.6 Å². The maximum Gasteiger partial charge on any atom is 0.255 e. The number of carbonyl (C=O) groups is 1. The van der Waals surface area contributed by atoms with Gasteiger partial charge >= 0.3 is 0 Å². The van der Waals surface area contributed by atoms with Gasteiger partial charge in [0.05, 0.1) is 6.61 Å². The zero-order valence-corrected chi connectivity index (χ0v) is 17.3. The highest BCUT2D eigenvalue weighted by Gasteiger charge is 2.30. The van der Waals surface area contributed by atoms with Crippen LogP contribution >= 0.6 is 0 Å². The first-order valence-corrected chi connectivity index (χ1v) is 10.9. The third kappa shape index (κ3) is 4.20. The van der Waals surface area contributed by atoms with Crippen molar-refractivity contribution in [2.24, 2.45) is 0 Å². The van der Waals surface area contributed by atoms with Gasteiger partial charge in [0.15, 0.2) is 0 Å². The molecule has 150 valence electrons. The van der Waals surface area contributed by atoms with Crippen molar-refractivity contribution in [3.8, 4) is 5.75 Å². The molecule has 0 bridgehead atoms. The molecule has 1 amide bonds. The van der Waals surface area contributed by atoms with Crippen LogP contribution in [0.1, 0.15) is 41.3 Å². The molecule has 28 heavy (non-hydrogen) atoms. The van der Waals surface area contributed by atoms with Crippen molar-refractivity contribution < 1.29 is 17.9 Å². The summed E-state index contributed by atoms with van der Waals surface area (Å²) < 4.78 is 33.1. The number of nitrogens with zero attached hydrogens (tertiary/aromatic N) is 1. The molecule has 0 aromatic heterocycles. The van der Waals surface area contributed by atoms with Crippen LogP contribution in [0.4, 0.5) is 5.69 Å². The number of ether oxygens (including phenoxy) is 1. The van der Waals surface area contributed by atoms with E-state index in [0.717, 1.165) is 24.0 Å². The first-order valence-electron chi connectivity index (χ1n) is 9.48. The Kier molecular flexibility index (Phi) is 6.05. The van der Waals surface area contributed by atoms with Gasteiger partial charge in [-0.3, -0.25) is 4.79 Å². The third-order valence-electron chi connectivity index (χ3n) is 4.95. The summed E-state index contributed by atoms with van der Waals surface area (Å²) in [5, 5.41) is 2.84. The van der Waals surface area contributed by atoms with Crippen molar-refractivity contribution in [1.29, 1.82) is 0 Å². The molecule has 1 N–H and O–H groups in total. The van der Waals surface area contributed by atoms with Crippen LogP contribution in [-0.2, 0) is 10.0 Å². The molecule has 0 atom stereocenters. The molecule has 1 aliphatic heterocycles. The molecule has 1 fully saturated rings. The minimum Gasteiger partial charge on any atom is -0.492 e. The minimum absolute atomic E-state index is 0.0454. The Morgan fingerprint density at radius 2 is 1.79 bits per heavy atom. The number of carbonyl (C=O) groups excluding carboxylic acids is 1. The van der Waals surface area contributed by atoms with Crippen LogP contribution in [-0.4, -0.2) is 38.3 Å². The molecule has 0 radical (unpaired) electrons. The molecule has 0 unspecified atom stereocenters. The van der Waals surface area contributed by atoms with Crippen molar-refractivity contribution in [1.82, 2.24) is 4.31 Å². The number of aryl methyl sites for hydroxylation is 2. The summed E-state index contributed by atoms with van der Waals surface area (Å²) in [6.07, 6.45) is 1.69. The van der Waals surface area contributed by atoms with Gasteiger partial charge in [0, 0.05) is 24.3 Å². The molecular weight excluding hydrogens is 376 g/mol. The van der Waals surface area contributed by atoms with Gasteiger partial charge in [-0.25, -0.2) is 8.42 Å². The standard InChI is InChI=1S/C21H26N2O4S/c1-4-27-19-10-8-17(14-20(19)28(25,26)23-11-5-6-12-23)21(24)22-18-9-7-15(2)16(3)13-18/h7-10,13-14H,4-6,11-12H2,1-3H3,(H,22,24). The molecule has 1 saturated heterocycles. The normalized spacial score (nSPS) is 14.8. The molecule has 1 heterocycles. The van der Waals surface area contributed by atoms with E-state index in [1.165, 1.54) is 10.4 Å². The second kappa shape index (κ2) is 8.32. The van der Waals surface area contributed by atoms with Gasteiger partial charge in [-0.2, -0.15) is 4.31 Å². The van der Waals surface area contributed by atoms with E-state index in [1.807, 2.05) is 32.0 Å². The van der Waals surface area contributed by atoms with E-state index in [4.69, 9.17) is 4.74 Å². The Bertz CT molecular complexity index is 980. The van der Waals surface area contributed by atoms with Crippen LogP contribution in [0.5, 0.6) is 5.75 Å². The summed E-state index contributed by atoms with van der Waals surface area (Å²) in [6, 6.07) is 10.2. The average Bonchev–Trinajstić information content (AvgIpc) is 3.21. The fourth-order valence-electron chi connectivity index (χ4n) is 3.22. The quantitative estimate of drug-likeness (QED) is 0.799. The van der Waals surface area contributed by atoms with E-state index in [9.17, 15) is 13.2 Å². The van der Waals surface area contributed by atoms with E-state index in [0.29, 0.717) is 25.4 Å². The number of rotatable bonds is 6. The number of sulfonamides is 1. The van der Waals surface area contributed by atoms with Crippen molar-refractivity contribution >= 4 is 21.6 Å². The highest BCUT2D eigenvalue weighted by atomic mass is 32.2. The lowest BCUT2D eigenvalue weighted by atomic mass is 10.1. The fraction of sp³-hybridized carbons (Fsp3) is 0.381. The SMILES string of the molecule is CCOc1ccc(C(=O)Nc2ccc(C)c(C)c2)cc1S(=O)(=O)N1CCCC1. The molecule has 6 nitrogen and oxygen atoms in total. The number of anilines is 1. The smallest absolute Gasteiger partial charge is 0.255 e. The molecule has 7 heteroatoms. The van der Waals surface area contributed by atoms with Crippen molar-refractivity contribution in [3.05, 3.63) is 53.1 Å². The van der Waals surface area contributed by atoms with Gasteiger partial charge in [-0.15, -0.1) is 0 Å². The van der Waals surface area contributed by atoms with Crippen LogP contribution in [0.25, 0.3) is 0 Å². The fourth-order valence-corrected chi connectivity index (χ4v) is 4.89. The van der Waals surface area contributed by atoms with Crippen molar-refractivity contribution in [2.75, 3.05) is 25.0 Å². The lowest BCUT2D eigenvalue weighted by Crippen LogP contribution is -2.28.